The van der Waals surface area contributed by atoms with Crippen LogP contribution < -0.4 is 5.73 Å². The Morgan fingerprint density at radius 3 is 2.39 bits per heavy atom. The molecule has 0 saturated carbocycles. The molecule has 0 bridgehead atoms. The van der Waals surface area contributed by atoms with Crippen molar-refractivity contribution < 1.29 is 0 Å². The van der Waals surface area contributed by atoms with E-state index in [1.54, 1.807) is 0 Å². The van der Waals surface area contributed by atoms with Crippen LogP contribution in [0.5, 0.6) is 0 Å². The lowest BCUT2D eigenvalue weighted by atomic mass is 10.1. The lowest BCUT2D eigenvalue weighted by molar-refractivity contribution is 1.16. The Kier molecular flexibility index (Phi) is 3.30. The molecule has 0 aliphatic rings. The summed E-state index contributed by atoms with van der Waals surface area (Å²) >= 11 is 3.51. The van der Waals surface area contributed by atoms with Gasteiger partial charge in [0.25, 0.3) is 0 Å². The van der Waals surface area contributed by atoms with Gasteiger partial charge in [-0.2, -0.15) is 5.26 Å². The van der Waals surface area contributed by atoms with Crippen LogP contribution >= 0.6 is 15.9 Å². The third-order valence-electron chi connectivity index (χ3n) is 2.63. The average molecular weight is 303 g/mol. The van der Waals surface area contributed by atoms with Crippen LogP contribution in [0.25, 0.3) is 11.4 Å². The van der Waals surface area contributed by atoms with Gasteiger partial charge in [-0.1, -0.05) is 15.9 Å². The maximum Gasteiger partial charge on any atom is 0.161 e. The highest BCUT2D eigenvalue weighted by Gasteiger charge is 2.09. The largest absolute Gasteiger partial charge is 0.382 e. The minimum Gasteiger partial charge on any atom is -0.382 e. The number of hydrogen-bond acceptors (Lipinski definition) is 4. The maximum atomic E-state index is 8.79. The Hall–Kier alpha value is -1.93. The fourth-order valence-corrected chi connectivity index (χ4v) is 1.92. The Morgan fingerprint density at radius 1 is 1.28 bits per heavy atom. The van der Waals surface area contributed by atoms with Gasteiger partial charge in [-0.3, -0.25) is 0 Å². The highest BCUT2D eigenvalue weighted by Crippen LogP contribution is 2.27. The predicted molar refractivity (Wildman–Crippen MR) is 73.8 cm³/mol. The molecule has 2 aromatic rings. The lowest BCUT2D eigenvalue weighted by Gasteiger charge is -2.07. The monoisotopic (exact) mass is 302 g/mol. The molecule has 0 spiro atoms. The van der Waals surface area contributed by atoms with Crippen molar-refractivity contribution >= 4 is 21.7 Å². The summed E-state index contributed by atoms with van der Waals surface area (Å²) in [5.41, 5.74) is 9.10. The molecular weight excluding hydrogens is 292 g/mol. The molecule has 5 heteroatoms. The summed E-state index contributed by atoms with van der Waals surface area (Å²) in [7, 11) is 0. The van der Waals surface area contributed by atoms with Gasteiger partial charge < -0.3 is 5.73 Å². The molecule has 1 aromatic carbocycles. The number of rotatable bonds is 1. The van der Waals surface area contributed by atoms with E-state index in [0.29, 0.717) is 11.4 Å². The molecule has 0 saturated heterocycles. The van der Waals surface area contributed by atoms with E-state index in [-0.39, 0.29) is 5.82 Å². The molecule has 1 heterocycles. The second-order valence-electron chi connectivity index (χ2n) is 4.03. The van der Waals surface area contributed by atoms with Crippen molar-refractivity contribution in [3.63, 3.8) is 0 Å². The first kappa shape index (κ1) is 12.5. The second-order valence-corrected chi connectivity index (χ2v) is 4.82. The number of aromatic nitrogens is 2. The van der Waals surface area contributed by atoms with E-state index < -0.39 is 0 Å². The standard InChI is InChI=1S/C13H11BrN4/c1-7-3-9(4-8(2)11(7)14)13-17-6-10(5-15)12(16)18-13/h3-4,6H,1-2H3,(H2,16,17,18). The number of nitriles is 1. The van der Waals surface area contributed by atoms with E-state index in [1.807, 2.05) is 32.0 Å². The van der Waals surface area contributed by atoms with Gasteiger partial charge in [0.1, 0.15) is 17.5 Å². The van der Waals surface area contributed by atoms with Crippen LogP contribution in [-0.2, 0) is 0 Å². The normalized spacial score (nSPS) is 10.1. The van der Waals surface area contributed by atoms with Crippen LogP contribution in [0.1, 0.15) is 16.7 Å². The Bertz CT molecular complexity index is 636. The molecule has 18 heavy (non-hydrogen) atoms. The quantitative estimate of drug-likeness (QED) is 0.878. The number of halogens is 1. The maximum absolute atomic E-state index is 8.79. The molecule has 0 fully saturated rings. The fourth-order valence-electron chi connectivity index (χ4n) is 1.70. The molecule has 0 amide bonds. The van der Waals surface area contributed by atoms with E-state index in [9.17, 15) is 0 Å². The molecule has 0 unspecified atom stereocenters. The molecule has 4 nitrogen and oxygen atoms in total. The van der Waals surface area contributed by atoms with Crippen molar-refractivity contribution in [1.82, 2.24) is 9.97 Å². The van der Waals surface area contributed by atoms with Crippen LogP contribution in [0.3, 0.4) is 0 Å². The summed E-state index contributed by atoms with van der Waals surface area (Å²) in [5.74, 6) is 0.742. The molecule has 0 atom stereocenters. The smallest absolute Gasteiger partial charge is 0.161 e. The summed E-state index contributed by atoms with van der Waals surface area (Å²) in [4.78, 5) is 8.32. The lowest BCUT2D eigenvalue weighted by Crippen LogP contribution is -1.99. The van der Waals surface area contributed by atoms with Crippen molar-refractivity contribution in [2.75, 3.05) is 5.73 Å². The first-order valence-electron chi connectivity index (χ1n) is 5.32. The molecule has 2 rings (SSSR count). The van der Waals surface area contributed by atoms with Gasteiger partial charge in [0.15, 0.2) is 5.82 Å². The van der Waals surface area contributed by atoms with Crippen LogP contribution in [0.4, 0.5) is 5.82 Å². The predicted octanol–water partition coefficient (Wildman–Crippen LogP) is 2.98. The number of nitrogens with two attached hydrogens (primary N) is 1. The molecule has 0 radical (unpaired) electrons. The molecule has 2 N–H and O–H groups in total. The average Bonchev–Trinajstić information content (AvgIpc) is 2.35. The van der Waals surface area contributed by atoms with Crippen LogP contribution in [0, 0.1) is 25.2 Å². The Morgan fingerprint density at radius 2 is 1.89 bits per heavy atom. The third kappa shape index (κ3) is 2.20. The van der Waals surface area contributed by atoms with Crippen molar-refractivity contribution in [2.24, 2.45) is 0 Å². The first-order valence-corrected chi connectivity index (χ1v) is 6.12. The molecular formula is C13H11BrN4. The first-order chi connectivity index (χ1) is 8.52. The van der Waals surface area contributed by atoms with E-state index in [1.165, 1.54) is 6.20 Å². The number of nitrogens with zero attached hydrogens (tertiary/aromatic N) is 3. The molecule has 0 aliphatic carbocycles. The summed E-state index contributed by atoms with van der Waals surface area (Å²) in [6.45, 7) is 4.02. The van der Waals surface area contributed by atoms with Gasteiger partial charge in [-0.15, -0.1) is 0 Å². The van der Waals surface area contributed by atoms with E-state index in [4.69, 9.17) is 11.0 Å². The van der Waals surface area contributed by atoms with Crippen LogP contribution in [-0.4, -0.2) is 9.97 Å². The highest BCUT2D eigenvalue weighted by atomic mass is 79.9. The van der Waals surface area contributed by atoms with Gasteiger partial charge in [0.05, 0.1) is 6.20 Å². The van der Waals surface area contributed by atoms with Crippen molar-refractivity contribution in [3.8, 4) is 17.5 Å². The minimum atomic E-state index is 0.209. The highest BCUT2D eigenvalue weighted by molar-refractivity contribution is 9.10. The zero-order valence-electron chi connectivity index (χ0n) is 10.0. The number of aryl methyl sites for hydroxylation is 2. The zero-order valence-corrected chi connectivity index (χ0v) is 11.6. The SMILES string of the molecule is Cc1cc(-c2ncc(C#N)c(N)n2)cc(C)c1Br. The van der Waals surface area contributed by atoms with E-state index in [0.717, 1.165) is 21.2 Å². The topological polar surface area (TPSA) is 75.6 Å². The summed E-state index contributed by atoms with van der Waals surface area (Å²) in [5, 5.41) is 8.79. The van der Waals surface area contributed by atoms with Gasteiger partial charge >= 0.3 is 0 Å². The molecule has 0 aliphatic heterocycles. The minimum absolute atomic E-state index is 0.209. The zero-order chi connectivity index (χ0) is 13.3. The van der Waals surface area contributed by atoms with Crippen LogP contribution in [0.15, 0.2) is 22.8 Å². The Labute approximate surface area is 114 Å². The second kappa shape index (κ2) is 4.75. The fraction of sp³-hybridized carbons (Fsp3) is 0.154. The van der Waals surface area contributed by atoms with Gasteiger partial charge in [0.2, 0.25) is 0 Å². The third-order valence-corrected chi connectivity index (χ3v) is 3.88. The summed E-state index contributed by atoms with van der Waals surface area (Å²) < 4.78 is 1.08. The van der Waals surface area contributed by atoms with Gasteiger partial charge in [-0.05, 0) is 37.1 Å². The Balaban J connectivity index is 2.56. The van der Waals surface area contributed by atoms with Gasteiger partial charge in [0, 0.05) is 10.0 Å². The van der Waals surface area contributed by atoms with E-state index >= 15 is 0 Å². The van der Waals surface area contributed by atoms with Gasteiger partial charge in [-0.25, -0.2) is 9.97 Å². The number of anilines is 1. The number of hydrogen-bond donors (Lipinski definition) is 1. The number of benzene rings is 1. The van der Waals surface area contributed by atoms with Crippen molar-refractivity contribution in [1.29, 1.82) is 5.26 Å². The number of nitrogen functional groups attached to an aromatic ring is 1. The van der Waals surface area contributed by atoms with Crippen molar-refractivity contribution in [3.05, 3.63) is 39.5 Å². The molecule has 90 valence electrons. The van der Waals surface area contributed by atoms with Crippen molar-refractivity contribution in [2.45, 2.75) is 13.8 Å². The summed E-state index contributed by atoms with van der Waals surface area (Å²) in [6.07, 6.45) is 1.45. The van der Waals surface area contributed by atoms with E-state index in [2.05, 4.69) is 25.9 Å². The summed E-state index contributed by atoms with van der Waals surface area (Å²) in [6, 6.07) is 5.92. The molecule has 1 aromatic heterocycles. The van der Waals surface area contributed by atoms with Crippen LogP contribution in [0.2, 0.25) is 0 Å².